The Bertz CT molecular complexity index is 4280. The highest BCUT2D eigenvalue weighted by molar-refractivity contribution is 6.44. The fraction of sp³-hybridized carbons (Fsp3) is 0.455. The molecule has 9 aromatic rings. The highest BCUT2D eigenvalue weighted by atomic mass is 16.6. The van der Waals surface area contributed by atoms with E-state index >= 15 is 9.59 Å². The number of unbranched alkanes of at least 4 members (excludes halogenated alkanes) is 1. The van der Waals surface area contributed by atoms with Crippen molar-refractivity contribution in [2.75, 3.05) is 6.54 Å². The number of fused-ring (bicyclic) bond motifs is 2. The molecule has 9 aromatic carbocycles. The van der Waals surface area contributed by atoms with Crippen molar-refractivity contribution >= 4 is 66.8 Å². The molecule has 1 atom stereocenters. The normalized spacial score (nSPS) is 14.7. The molecule has 0 aliphatic carbocycles. The van der Waals surface area contributed by atoms with E-state index in [-0.39, 0.29) is 101 Å². The maximum Gasteiger partial charge on any atom is 0.346 e. The van der Waals surface area contributed by atoms with E-state index in [9.17, 15) is 9.59 Å². The SMILES string of the molecule is CCCCC(CC)CN1C(=O)c2cc(Oc3ccc(C(C)(C)CC(C)(C)C)cc3)c3c4c(Oc5ccc(C(C)(C)CC(C)(C)C)cc5)cc5c6c(cc(Oc7ccc(C(C)(C)CC(C)(C)C)cc7)c(c7c(Oc8ccc(C(C)(C)CC(C)(C)C)cc8)cc(c2c37)C1=O)c64)C(=O)OC5=O. The van der Waals surface area contributed by atoms with E-state index in [2.05, 4.69) is 201 Å². The van der Waals surface area contributed by atoms with Crippen molar-refractivity contribution in [1.29, 1.82) is 0 Å². The maximum atomic E-state index is 16.0. The summed E-state index contributed by atoms with van der Waals surface area (Å²) in [5.41, 5.74) is 4.74. The Balaban J connectivity index is 1.29. The van der Waals surface area contributed by atoms with E-state index in [0.717, 1.165) is 73.6 Å². The molecule has 2 heterocycles. The van der Waals surface area contributed by atoms with Crippen LogP contribution in [0.1, 0.15) is 267 Å². The van der Waals surface area contributed by atoms with Crippen molar-refractivity contribution in [2.24, 2.45) is 27.6 Å². The number of ether oxygens (including phenoxy) is 5. The fourth-order valence-corrected chi connectivity index (χ4v) is 17.2. The van der Waals surface area contributed by atoms with Gasteiger partial charge in [0.25, 0.3) is 11.8 Å². The molecule has 2 aliphatic heterocycles. The van der Waals surface area contributed by atoms with E-state index in [1.165, 1.54) is 4.90 Å². The maximum absolute atomic E-state index is 16.0. The zero-order valence-corrected chi connectivity index (χ0v) is 62.6. The average Bonchev–Trinajstić information content (AvgIpc) is 0.674. The van der Waals surface area contributed by atoms with Gasteiger partial charge in [0.15, 0.2) is 0 Å². The number of hydrogen-bond donors (Lipinski definition) is 0. The molecule has 10 heteroatoms. The molecule has 0 fully saturated rings. The van der Waals surface area contributed by atoms with Crippen LogP contribution in [0.4, 0.5) is 0 Å². The summed E-state index contributed by atoms with van der Waals surface area (Å²) in [7, 11) is 0. The monoisotopic (exact) mass is 1320 g/mol. The Morgan fingerprint density at radius 3 is 0.847 bits per heavy atom. The van der Waals surface area contributed by atoms with Crippen LogP contribution in [0.25, 0.3) is 43.1 Å². The summed E-state index contributed by atoms with van der Waals surface area (Å²) in [5.74, 6) is 0.435. The number of imide groups is 1. The Morgan fingerprint density at radius 2 is 0.602 bits per heavy atom. The zero-order chi connectivity index (χ0) is 71.4. The van der Waals surface area contributed by atoms with Crippen LogP contribution in [-0.4, -0.2) is 35.2 Å². The third-order valence-electron chi connectivity index (χ3n) is 20.1. The Morgan fingerprint density at radius 1 is 0.347 bits per heavy atom. The molecule has 2 amide bonds. The first-order chi connectivity index (χ1) is 45.6. The largest absolute Gasteiger partial charge is 0.457 e. The van der Waals surface area contributed by atoms with Gasteiger partial charge in [-0.3, -0.25) is 14.5 Å². The summed E-state index contributed by atoms with van der Waals surface area (Å²) in [6, 6.07) is 39.4. The first kappa shape index (κ1) is 71.1. The molecule has 0 aromatic heterocycles. The molecule has 98 heavy (non-hydrogen) atoms. The number of hydrogen-bond acceptors (Lipinski definition) is 9. The van der Waals surface area contributed by atoms with E-state index in [4.69, 9.17) is 23.7 Å². The van der Waals surface area contributed by atoms with Crippen molar-refractivity contribution in [1.82, 2.24) is 4.90 Å². The van der Waals surface area contributed by atoms with Gasteiger partial charge in [-0.15, -0.1) is 0 Å². The summed E-state index contributed by atoms with van der Waals surface area (Å²) < 4.78 is 35.2. The van der Waals surface area contributed by atoms with Gasteiger partial charge in [0, 0.05) is 49.6 Å². The van der Waals surface area contributed by atoms with Crippen LogP contribution in [0.2, 0.25) is 0 Å². The lowest BCUT2D eigenvalue weighted by atomic mass is 9.72. The van der Waals surface area contributed by atoms with Crippen molar-refractivity contribution in [3.05, 3.63) is 166 Å². The van der Waals surface area contributed by atoms with Crippen molar-refractivity contribution < 1.29 is 42.9 Å². The molecule has 0 saturated heterocycles. The molecule has 0 bridgehead atoms. The van der Waals surface area contributed by atoms with Gasteiger partial charge in [-0.05, 0) is 176 Å². The van der Waals surface area contributed by atoms with Crippen molar-refractivity contribution in [2.45, 2.75) is 225 Å². The Kier molecular flexibility index (Phi) is 18.5. The van der Waals surface area contributed by atoms with Crippen LogP contribution < -0.4 is 18.9 Å². The summed E-state index contributed by atoms with van der Waals surface area (Å²) in [4.78, 5) is 63.0. The Hall–Kier alpha value is -8.24. The molecule has 11 rings (SSSR count). The van der Waals surface area contributed by atoms with Crippen LogP contribution in [0, 0.1) is 27.6 Å². The number of nitrogens with zero attached hydrogens (tertiary/aromatic N) is 1. The van der Waals surface area contributed by atoms with Gasteiger partial charge < -0.3 is 23.7 Å². The number of carbonyl (C=O) groups is 4. The molecule has 1 unspecified atom stereocenters. The predicted octanol–water partition coefficient (Wildman–Crippen LogP) is 24.9. The van der Waals surface area contributed by atoms with Gasteiger partial charge in [0.1, 0.15) is 46.0 Å². The highest BCUT2D eigenvalue weighted by Crippen LogP contribution is 2.58. The molecule has 0 radical (unpaired) electrons. The van der Waals surface area contributed by atoms with Crippen LogP contribution >= 0.6 is 0 Å². The second kappa shape index (κ2) is 25.5. The number of amides is 2. The first-order valence-electron chi connectivity index (χ1n) is 35.7. The second-order valence-electron chi connectivity index (χ2n) is 36.0. The van der Waals surface area contributed by atoms with Gasteiger partial charge >= 0.3 is 11.9 Å². The fourth-order valence-electron chi connectivity index (χ4n) is 17.2. The van der Waals surface area contributed by atoms with E-state index < -0.39 is 23.8 Å². The minimum Gasteiger partial charge on any atom is -0.457 e. The van der Waals surface area contributed by atoms with Crippen molar-refractivity contribution in [3.63, 3.8) is 0 Å². The average molecular weight is 1320 g/mol. The second-order valence-corrected chi connectivity index (χ2v) is 36.0. The van der Waals surface area contributed by atoms with Crippen LogP contribution in [0.3, 0.4) is 0 Å². The third kappa shape index (κ3) is 14.5. The summed E-state index contributed by atoms with van der Waals surface area (Å²) in [5, 5.41) is 3.45. The van der Waals surface area contributed by atoms with Crippen molar-refractivity contribution in [3.8, 4) is 46.0 Å². The molecular weight excluding hydrogens is 1210 g/mol. The van der Waals surface area contributed by atoms with Gasteiger partial charge in [-0.1, -0.05) is 220 Å². The molecular formula is C88H105NO9. The van der Waals surface area contributed by atoms with Gasteiger partial charge in [-0.2, -0.15) is 0 Å². The smallest absolute Gasteiger partial charge is 0.346 e. The minimum absolute atomic E-state index is 0.0448. The van der Waals surface area contributed by atoms with E-state index in [0.29, 0.717) is 66.1 Å². The Labute approximate surface area is 582 Å². The van der Waals surface area contributed by atoms with Gasteiger partial charge in [-0.25, -0.2) is 9.59 Å². The lowest BCUT2D eigenvalue weighted by molar-refractivity contribution is 0.0389. The molecule has 2 aliphatic rings. The molecule has 516 valence electrons. The minimum atomic E-state index is -0.847. The van der Waals surface area contributed by atoms with Crippen LogP contribution in [-0.2, 0) is 26.4 Å². The van der Waals surface area contributed by atoms with E-state index in [1.54, 1.807) is 24.3 Å². The lowest BCUT2D eigenvalue weighted by Crippen LogP contribution is -2.43. The summed E-state index contributed by atoms with van der Waals surface area (Å²) >= 11 is 0. The molecule has 0 spiro atoms. The summed E-state index contributed by atoms with van der Waals surface area (Å²) in [6.45, 7) is 49.6. The van der Waals surface area contributed by atoms with Gasteiger partial charge in [0.2, 0.25) is 0 Å². The standard InChI is InChI=1S/C88H105NO9/c1-23-25-26-52(24-2)47-89-77(90)61-43-65(94-57-35-27-53(28-36-57)85(15,16)48-81(3,4)5)71-73-67(96-59-39-31-55(32-40-59)87(19,20)50-83(9,10)11)45-63-70-64(80(93)98-79(63)92)46-68(97-60-41-33-56(34-42-60)88(21,22)51-84(12,13)14)74(76(70)73)72-66(44-62(78(89)91)69(61)75(71)72)95-58-37-29-54(30-38-58)86(17,18)49-82(6,7)8/h27-46,52H,23-26,47-51H2,1-22H3. The molecule has 10 nitrogen and oxygen atoms in total. The number of benzene rings is 9. The topological polar surface area (TPSA) is 118 Å². The molecule has 0 N–H and O–H groups in total. The van der Waals surface area contributed by atoms with Crippen LogP contribution in [0.15, 0.2) is 121 Å². The highest BCUT2D eigenvalue weighted by Gasteiger charge is 2.42. The third-order valence-corrected chi connectivity index (χ3v) is 20.1. The summed E-state index contributed by atoms with van der Waals surface area (Å²) in [6.07, 6.45) is 7.25. The quantitative estimate of drug-likeness (QED) is 0.0215. The number of cyclic esters (lactones) is 2. The number of rotatable bonds is 22. The zero-order valence-electron chi connectivity index (χ0n) is 62.6. The number of carbonyl (C=O) groups excluding carboxylic acids is 4. The van der Waals surface area contributed by atoms with E-state index in [1.807, 2.05) is 48.5 Å². The predicted molar refractivity (Wildman–Crippen MR) is 401 cm³/mol. The first-order valence-corrected chi connectivity index (χ1v) is 35.7. The lowest BCUT2D eigenvalue weighted by Gasteiger charge is -2.33. The molecule has 0 saturated carbocycles. The van der Waals surface area contributed by atoms with Gasteiger partial charge in [0.05, 0.1) is 22.3 Å². The number of esters is 2. The van der Waals surface area contributed by atoms with Crippen LogP contribution in [0.5, 0.6) is 46.0 Å².